The fourth-order valence-corrected chi connectivity index (χ4v) is 4.52. The van der Waals surface area contributed by atoms with Crippen molar-refractivity contribution in [3.8, 4) is 0 Å². The molecular formula is C26H35N7O. The van der Waals surface area contributed by atoms with Crippen molar-refractivity contribution >= 4 is 17.5 Å². The highest BCUT2D eigenvalue weighted by Crippen LogP contribution is 2.27. The third-order valence-electron chi connectivity index (χ3n) is 6.55. The summed E-state index contributed by atoms with van der Waals surface area (Å²) in [5.41, 5.74) is 5.14. The van der Waals surface area contributed by atoms with Crippen LogP contribution in [0.25, 0.3) is 0 Å². The van der Waals surface area contributed by atoms with Crippen molar-refractivity contribution in [2.24, 2.45) is 0 Å². The molecular weight excluding hydrogens is 426 g/mol. The van der Waals surface area contributed by atoms with Crippen molar-refractivity contribution < 1.29 is 4.79 Å². The van der Waals surface area contributed by atoms with Gasteiger partial charge in [0.05, 0.1) is 18.1 Å². The number of allylic oxidation sites excluding steroid dienone is 4. The maximum absolute atomic E-state index is 12.1. The van der Waals surface area contributed by atoms with Crippen LogP contribution in [-0.2, 0) is 6.42 Å². The van der Waals surface area contributed by atoms with Crippen LogP contribution in [0.4, 0.5) is 11.6 Å². The third kappa shape index (κ3) is 5.26. The Labute approximate surface area is 202 Å². The van der Waals surface area contributed by atoms with Gasteiger partial charge in [0.25, 0.3) is 5.91 Å². The number of hydrogen-bond donors (Lipinski definition) is 1. The summed E-state index contributed by atoms with van der Waals surface area (Å²) in [6.07, 6.45) is 13.1. The van der Waals surface area contributed by atoms with Gasteiger partial charge in [0, 0.05) is 38.1 Å². The molecule has 1 atom stereocenters. The number of carbonyl (C=O) groups is 1. The first-order valence-corrected chi connectivity index (χ1v) is 12.2. The molecule has 8 nitrogen and oxygen atoms in total. The van der Waals surface area contributed by atoms with Gasteiger partial charge in [-0.2, -0.15) is 5.10 Å². The Morgan fingerprint density at radius 3 is 2.59 bits per heavy atom. The maximum atomic E-state index is 12.1. The maximum Gasteiger partial charge on any atom is 0.271 e. The number of rotatable bonds is 6. The van der Waals surface area contributed by atoms with E-state index in [4.69, 9.17) is 0 Å². The average molecular weight is 462 g/mol. The van der Waals surface area contributed by atoms with E-state index in [1.807, 2.05) is 13.8 Å². The molecule has 0 spiro atoms. The largest absolute Gasteiger partial charge is 0.351 e. The van der Waals surface area contributed by atoms with Crippen molar-refractivity contribution in [2.75, 3.05) is 29.4 Å². The average Bonchev–Trinajstić information content (AvgIpc) is 2.82. The topological polar surface area (TPSA) is 87.1 Å². The zero-order chi connectivity index (χ0) is 24.2. The molecule has 0 aromatic carbocycles. The number of amides is 1. The van der Waals surface area contributed by atoms with Crippen LogP contribution in [0.3, 0.4) is 0 Å². The van der Waals surface area contributed by atoms with Gasteiger partial charge in [-0.15, -0.1) is 5.10 Å². The van der Waals surface area contributed by atoms with E-state index in [1.54, 1.807) is 12.4 Å². The smallest absolute Gasteiger partial charge is 0.271 e. The van der Waals surface area contributed by atoms with Gasteiger partial charge in [0.15, 0.2) is 5.82 Å². The number of piperazine rings is 1. The minimum Gasteiger partial charge on any atom is -0.351 e. The summed E-state index contributed by atoms with van der Waals surface area (Å²) in [5.74, 6) is 1.56. The van der Waals surface area contributed by atoms with Crippen molar-refractivity contribution in [1.82, 2.24) is 25.5 Å². The fourth-order valence-electron chi connectivity index (χ4n) is 4.52. The van der Waals surface area contributed by atoms with E-state index in [0.29, 0.717) is 5.69 Å². The van der Waals surface area contributed by atoms with Gasteiger partial charge in [0.2, 0.25) is 0 Å². The van der Waals surface area contributed by atoms with Gasteiger partial charge >= 0.3 is 0 Å². The molecule has 0 unspecified atom stereocenters. The molecule has 2 aromatic rings. The summed E-state index contributed by atoms with van der Waals surface area (Å²) in [4.78, 5) is 25.6. The SMILES string of the molecule is Cc1c(CC2=CCCC=C2)nnc(N2CCN(c3cnc(C(=O)NC(C)C)cn3)[C@H](C)C2)c1C. The Balaban J connectivity index is 1.43. The summed E-state index contributed by atoms with van der Waals surface area (Å²) in [6.45, 7) is 12.8. The highest BCUT2D eigenvalue weighted by molar-refractivity contribution is 5.92. The Hall–Kier alpha value is -3.29. The van der Waals surface area contributed by atoms with E-state index in [-0.39, 0.29) is 18.0 Å². The Morgan fingerprint density at radius 1 is 1.12 bits per heavy atom. The number of hydrogen-bond acceptors (Lipinski definition) is 7. The predicted molar refractivity (Wildman–Crippen MR) is 135 cm³/mol. The number of anilines is 2. The molecule has 8 heteroatoms. The highest BCUT2D eigenvalue weighted by atomic mass is 16.1. The van der Waals surface area contributed by atoms with E-state index in [9.17, 15) is 4.79 Å². The van der Waals surface area contributed by atoms with Crippen LogP contribution in [0.2, 0.25) is 0 Å². The number of aromatic nitrogens is 4. The van der Waals surface area contributed by atoms with Crippen LogP contribution < -0.4 is 15.1 Å². The van der Waals surface area contributed by atoms with Crippen LogP contribution in [0.5, 0.6) is 0 Å². The lowest BCUT2D eigenvalue weighted by atomic mass is 9.99. The number of nitrogens with zero attached hydrogens (tertiary/aromatic N) is 6. The summed E-state index contributed by atoms with van der Waals surface area (Å²) in [6, 6.07) is 0.282. The highest BCUT2D eigenvalue weighted by Gasteiger charge is 2.28. The van der Waals surface area contributed by atoms with E-state index in [1.165, 1.54) is 16.7 Å². The Morgan fingerprint density at radius 2 is 1.94 bits per heavy atom. The molecule has 3 heterocycles. The summed E-state index contributed by atoms with van der Waals surface area (Å²) >= 11 is 0. The van der Waals surface area contributed by atoms with Gasteiger partial charge in [-0.3, -0.25) is 4.79 Å². The number of carbonyl (C=O) groups excluding carboxylic acids is 1. The third-order valence-corrected chi connectivity index (χ3v) is 6.55. The molecule has 0 saturated carbocycles. The zero-order valence-corrected chi connectivity index (χ0v) is 20.9. The molecule has 1 aliphatic heterocycles. The summed E-state index contributed by atoms with van der Waals surface area (Å²) in [5, 5.41) is 12.1. The van der Waals surface area contributed by atoms with Gasteiger partial charge in [-0.1, -0.05) is 18.2 Å². The van der Waals surface area contributed by atoms with Gasteiger partial charge in [0.1, 0.15) is 11.5 Å². The monoisotopic (exact) mass is 461 g/mol. The van der Waals surface area contributed by atoms with Crippen LogP contribution in [0, 0.1) is 13.8 Å². The lowest BCUT2D eigenvalue weighted by Crippen LogP contribution is -2.53. The minimum absolute atomic E-state index is 0.0625. The second-order valence-corrected chi connectivity index (χ2v) is 9.53. The molecule has 2 aliphatic rings. The fraction of sp³-hybridized carbons (Fsp3) is 0.500. The molecule has 1 saturated heterocycles. The second kappa shape index (κ2) is 10.3. The van der Waals surface area contributed by atoms with Gasteiger partial charge in [-0.25, -0.2) is 9.97 Å². The molecule has 1 fully saturated rings. The second-order valence-electron chi connectivity index (χ2n) is 9.53. The standard InChI is InChI=1S/C26H35N7O/c1-17(2)29-26(34)23-14-28-24(15-27-23)33-12-11-32(16-18(33)3)25-20(5)19(4)22(30-31-25)13-21-9-7-6-8-10-21/h7,9-10,14-15,17-18H,6,8,11-13,16H2,1-5H3,(H,29,34)/t18-/m1/s1. The quantitative estimate of drug-likeness (QED) is 0.704. The van der Waals surface area contributed by atoms with E-state index >= 15 is 0 Å². The van der Waals surface area contributed by atoms with Crippen molar-refractivity contribution in [3.05, 3.63) is 58.7 Å². The molecule has 34 heavy (non-hydrogen) atoms. The first-order valence-electron chi connectivity index (χ1n) is 12.2. The zero-order valence-electron chi connectivity index (χ0n) is 20.9. The van der Waals surface area contributed by atoms with Gasteiger partial charge < -0.3 is 15.1 Å². The van der Waals surface area contributed by atoms with E-state index < -0.39 is 0 Å². The molecule has 1 aliphatic carbocycles. The molecule has 1 N–H and O–H groups in total. The summed E-state index contributed by atoms with van der Waals surface area (Å²) in [7, 11) is 0. The predicted octanol–water partition coefficient (Wildman–Crippen LogP) is 3.56. The molecule has 1 amide bonds. The molecule has 0 bridgehead atoms. The first-order chi connectivity index (χ1) is 16.3. The lowest BCUT2D eigenvalue weighted by molar-refractivity contribution is 0.0937. The summed E-state index contributed by atoms with van der Waals surface area (Å²) < 4.78 is 0. The number of nitrogens with one attached hydrogen (secondary N) is 1. The van der Waals surface area contributed by atoms with Crippen molar-refractivity contribution in [1.29, 1.82) is 0 Å². The van der Waals surface area contributed by atoms with Crippen LogP contribution in [0.1, 0.15) is 60.9 Å². The lowest BCUT2D eigenvalue weighted by Gasteiger charge is -2.41. The van der Waals surface area contributed by atoms with Crippen LogP contribution in [0.15, 0.2) is 36.2 Å². The van der Waals surface area contributed by atoms with E-state index in [2.05, 4.69) is 74.3 Å². The minimum atomic E-state index is -0.199. The van der Waals surface area contributed by atoms with Crippen molar-refractivity contribution in [3.63, 3.8) is 0 Å². The van der Waals surface area contributed by atoms with E-state index in [0.717, 1.165) is 56.2 Å². The molecule has 2 aromatic heterocycles. The van der Waals surface area contributed by atoms with Crippen LogP contribution in [-0.4, -0.2) is 57.8 Å². The van der Waals surface area contributed by atoms with Crippen LogP contribution >= 0.6 is 0 Å². The normalized spacial score (nSPS) is 18.3. The van der Waals surface area contributed by atoms with Gasteiger partial charge in [-0.05, 0) is 64.2 Å². The molecule has 4 rings (SSSR count). The Kier molecular flexibility index (Phi) is 7.24. The van der Waals surface area contributed by atoms with Crippen molar-refractivity contribution in [2.45, 2.75) is 66.0 Å². The first kappa shape index (κ1) is 23.9. The molecule has 0 radical (unpaired) electrons. The molecule has 180 valence electrons. The Bertz CT molecular complexity index is 1090.